The molecule has 0 bridgehead atoms. The van der Waals surface area contributed by atoms with Crippen LogP contribution in [0.1, 0.15) is 16.8 Å². The maximum absolute atomic E-state index is 13.4. The standard InChI is InChI=1S/C23H29N7O3S/c1-28-20-17(14-26-28)21(25-15-24-20)29-9-11-30(12-10-29)23(32)18(8-13-34-3)27-22(31)16-6-4-5-7-19(16)33-2/h4-7,14-15,18H,8-13H2,1-3H3,(H,27,31). The number of hydrogen-bond donors (Lipinski definition) is 1. The number of piperazine rings is 1. The van der Waals surface area contributed by atoms with Gasteiger partial charge in [-0.15, -0.1) is 0 Å². The number of fused-ring (bicyclic) bond motifs is 1. The van der Waals surface area contributed by atoms with Gasteiger partial charge in [0.2, 0.25) is 5.91 Å². The molecule has 1 saturated heterocycles. The van der Waals surface area contributed by atoms with Crippen molar-refractivity contribution in [3.8, 4) is 5.75 Å². The van der Waals surface area contributed by atoms with E-state index in [0.717, 1.165) is 22.6 Å². The Labute approximate surface area is 202 Å². The molecular weight excluding hydrogens is 454 g/mol. The minimum Gasteiger partial charge on any atom is -0.496 e. The van der Waals surface area contributed by atoms with Crippen molar-refractivity contribution in [1.82, 2.24) is 30.0 Å². The number of ether oxygens (including phenoxy) is 1. The molecule has 11 heteroatoms. The molecule has 1 aliphatic rings. The Morgan fingerprint density at radius 3 is 2.68 bits per heavy atom. The number of amides is 2. The summed E-state index contributed by atoms with van der Waals surface area (Å²) >= 11 is 1.65. The lowest BCUT2D eigenvalue weighted by Gasteiger charge is -2.37. The fourth-order valence-electron chi connectivity index (χ4n) is 4.12. The fraction of sp³-hybridized carbons (Fsp3) is 0.435. The molecule has 3 heterocycles. The highest BCUT2D eigenvalue weighted by atomic mass is 32.2. The number of nitrogens with zero attached hydrogens (tertiary/aromatic N) is 6. The van der Waals surface area contributed by atoms with Crippen molar-refractivity contribution in [1.29, 1.82) is 0 Å². The van der Waals surface area contributed by atoms with E-state index in [1.54, 1.807) is 47.2 Å². The number of nitrogens with one attached hydrogen (secondary N) is 1. The van der Waals surface area contributed by atoms with E-state index in [2.05, 4.69) is 25.3 Å². The summed E-state index contributed by atoms with van der Waals surface area (Å²) in [5.74, 6) is 1.70. The second kappa shape index (κ2) is 10.7. The number of carbonyl (C=O) groups excluding carboxylic acids is 2. The summed E-state index contributed by atoms with van der Waals surface area (Å²) in [6, 6.07) is 6.42. The number of aromatic nitrogens is 4. The lowest BCUT2D eigenvalue weighted by atomic mass is 10.1. The van der Waals surface area contributed by atoms with E-state index < -0.39 is 6.04 Å². The molecule has 1 N–H and O–H groups in total. The van der Waals surface area contributed by atoms with Gasteiger partial charge >= 0.3 is 0 Å². The third kappa shape index (κ3) is 4.93. The van der Waals surface area contributed by atoms with Crippen LogP contribution in [-0.2, 0) is 11.8 Å². The largest absolute Gasteiger partial charge is 0.496 e. The second-order valence-electron chi connectivity index (χ2n) is 8.02. The lowest BCUT2D eigenvalue weighted by Crippen LogP contribution is -2.55. The number of benzene rings is 1. The average Bonchev–Trinajstić information content (AvgIpc) is 3.27. The molecule has 1 fully saturated rings. The first-order valence-electron chi connectivity index (χ1n) is 11.1. The quantitative estimate of drug-likeness (QED) is 0.515. The highest BCUT2D eigenvalue weighted by Crippen LogP contribution is 2.23. The number of aryl methyl sites for hydroxylation is 1. The summed E-state index contributed by atoms with van der Waals surface area (Å²) in [5, 5.41) is 8.12. The maximum Gasteiger partial charge on any atom is 0.255 e. The molecule has 2 amide bonds. The van der Waals surface area contributed by atoms with E-state index in [9.17, 15) is 9.59 Å². The van der Waals surface area contributed by atoms with E-state index in [0.29, 0.717) is 43.9 Å². The van der Waals surface area contributed by atoms with Crippen molar-refractivity contribution in [3.05, 3.63) is 42.4 Å². The van der Waals surface area contributed by atoms with E-state index in [-0.39, 0.29) is 11.8 Å². The van der Waals surface area contributed by atoms with Crippen molar-refractivity contribution in [2.45, 2.75) is 12.5 Å². The normalized spacial score (nSPS) is 14.8. The van der Waals surface area contributed by atoms with Gasteiger partial charge in [0, 0.05) is 33.2 Å². The van der Waals surface area contributed by atoms with E-state index >= 15 is 0 Å². The number of carbonyl (C=O) groups is 2. The molecule has 180 valence electrons. The first-order chi connectivity index (χ1) is 16.5. The van der Waals surface area contributed by atoms with Gasteiger partial charge in [-0.3, -0.25) is 14.3 Å². The van der Waals surface area contributed by atoms with E-state index in [1.807, 2.05) is 24.3 Å². The third-order valence-corrected chi connectivity index (χ3v) is 6.61. The van der Waals surface area contributed by atoms with Crippen LogP contribution in [0.15, 0.2) is 36.8 Å². The van der Waals surface area contributed by atoms with Crippen LogP contribution in [0.3, 0.4) is 0 Å². The van der Waals surface area contributed by atoms with Gasteiger partial charge in [-0.2, -0.15) is 16.9 Å². The summed E-state index contributed by atoms with van der Waals surface area (Å²) < 4.78 is 7.03. The van der Waals surface area contributed by atoms with Crippen LogP contribution in [0.5, 0.6) is 5.75 Å². The predicted octanol–water partition coefficient (Wildman–Crippen LogP) is 1.57. The van der Waals surface area contributed by atoms with Crippen LogP contribution < -0.4 is 15.0 Å². The summed E-state index contributed by atoms with van der Waals surface area (Å²) in [6.45, 7) is 2.38. The topological polar surface area (TPSA) is 105 Å². The number of methoxy groups -OCH3 is 1. The van der Waals surface area contributed by atoms with Crippen LogP contribution >= 0.6 is 11.8 Å². The van der Waals surface area contributed by atoms with Crippen molar-refractivity contribution in [3.63, 3.8) is 0 Å². The Balaban J connectivity index is 1.44. The molecule has 1 atom stereocenters. The van der Waals surface area contributed by atoms with Crippen molar-refractivity contribution in [2.75, 3.05) is 50.2 Å². The fourth-order valence-corrected chi connectivity index (χ4v) is 4.59. The van der Waals surface area contributed by atoms with Gasteiger partial charge in [-0.1, -0.05) is 12.1 Å². The summed E-state index contributed by atoms with van der Waals surface area (Å²) in [6.07, 6.45) is 5.86. The zero-order valence-corrected chi connectivity index (χ0v) is 20.4. The van der Waals surface area contributed by atoms with Gasteiger partial charge in [0.15, 0.2) is 5.65 Å². The number of para-hydroxylation sites is 1. The van der Waals surface area contributed by atoms with Crippen LogP contribution in [0.4, 0.5) is 5.82 Å². The zero-order valence-electron chi connectivity index (χ0n) is 19.6. The zero-order chi connectivity index (χ0) is 24.1. The Morgan fingerprint density at radius 1 is 1.18 bits per heavy atom. The first kappa shape index (κ1) is 23.8. The number of rotatable bonds is 8. The monoisotopic (exact) mass is 483 g/mol. The smallest absolute Gasteiger partial charge is 0.255 e. The van der Waals surface area contributed by atoms with Gasteiger partial charge in [-0.05, 0) is 30.6 Å². The maximum atomic E-state index is 13.4. The molecule has 2 aromatic heterocycles. The highest BCUT2D eigenvalue weighted by molar-refractivity contribution is 7.98. The molecule has 0 saturated carbocycles. The predicted molar refractivity (Wildman–Crippen MR) is 132 cm³/mol. The third-order valence-electron chi connectivity index (χ3n) is 5.96. The summed E-state index contributed by atoms with van der Waals surface area (Å²) in [5.41, 5.74) is 1.20. The minimum absolute atomic E-state index is 0.0637. The SMILES string of the molecule is COc1ccccc1C(=O)NC(CCSC)C(=O)N1CCN(c2ncnc3c2cnn3C)CC1. The summed E-state index contributed by atoms with van der Waals surface area (Å²) in [7, 11) is 3.38. The van der Waals surface area contributed by atoms with Crippen LogP contribution in [0, 0.1) is 0 Å². The number of anilines is 1. The first-order valence-corrected chi connectivity index (χ1v) is 12.5. The van der Waals surface area contributed by atoms with Crippen molar-refractivity contribution < 1.29 is 14.3 Å². The molecule has 10 nitrogen and oxygen atoms in total. The molecule has 0 spiro atoms. The molecule has 1 aliphatic heterocycles. The Kier molecular flexibility index (Phi) is 7.51. The Bertz CT molecular complexity index is 1160. The van der Waals surface area contributed by atoms with Crippen molar-refractivity contribution in [2.24, 2.45) is 7.05 Å². The average molecular weight is 484 g/mol. The van der Waals surface area contributed by atoms with Gasteiger partial charge in [0.05, 0.1) is 24.3 Å². The molecule has 34 heavy (non-hydrogen) atoms. The molecule has 0 radical (unpaired) electrons. The molecule has 4 rings (SSSR count). The van der Waals surface area contributed by atoms with Crippen LogP contribution in [-0.4, -0.2) is 87.8 Å². The van der Waals surface area contributed by atoms with Gasteiger partial charge in [0.25, 0.3) is 5.91 Å². The molecule has 1 unspecified atom stereocenters. The number of thioether (sulfide) groups is 1. The van der Waals surface area contributed by atoms with Crippen LogP contribution in [0.25, 0.3) is 11.0 Å². The second-order valence-corrected chi connectivity index (χ2v) is 9.01. The lowest BCUT2D eigenvalue weighted by molar-refractivity contribution is -0.133. The van der Waals surface area contributed by atoms with Crippen LogP contribution in [0.2, 0.25) is 0 Å². The van der Waals surface area contributed by atoms with E-state index in [4.69, 9.17) is 4.74 Å². The highest BCUT2D eigenvalue weighted by Gasteiger charge is 2.30. The van der Waals surface area contributed by atoms with Crippen molar-refractivity contribution >= 4 is 40.4 Å². The van der Waals surface area contributed by atoms with Gasteiger partial charge in [-0.25, -0.2) is 9.97 Å². The molecule has 3 aromatic rings. The van der Waals surface area contributed by atoms with Gasteiger partial charge < -0.3 is 19.9 Å². The number of hydrogen-bond acceptors (Lipinski definition) is 8. The molecular formula is C23H29N7O3S. The van der Waals surface area contributed by atoms with Gasteiger partial charge in [0.1, 0.15) is 23.9 Å². The summed E-state index contributed by atoms with van der Waals surface area (Å²) in [4.78, 5) is 39.1. The Hall–Kier alpha value is -3.34. The molecule has 1 aromatic carbocycles. The Morgan fingerprint density at radius 2 is 1.94 bits per heavy atom. The molecule has 0 aliphatic carbocycles. The minimum atomic E-state index is -0.597. The van der Waals surface area contributed by atoms with E-state index in [1.165, 1.54) is 7.11 Å².